The largest absolute Gasteiger partial charge is 0.434 e. The fourth-order valence-corrected chi connectivity index (χ4v) is 2.34. The zero-order valence-corrected chi connectivity index (χ0v) is 11.2. The lowest BCUT2D eigenvalue weighted by Gasteiger charge is -2.30. The molecule has 2 unspecified atom stereocenters. The molecule has 0 spiro atoms. The molecule has 4 nitrogen and oxygen atoms in total. The molecule has 1 aliphatic rings. The molecule has 1 aromatic rings. The minimum absolute atomic E-state index is 0.00384. The third-order valence-corrected chi connectivity index (χ3v) is 3.43. The monoisotopic (exact) mass is 284 g/mol. The van der Waals surface area contributed by atoms with Crippen LogP contribution < -0.4 is 15.4 Å². The average molecular weight is 284 g/mol. The maximum atomic E-state index is 12.3. The van der Waals surface area contributed by atoms with E-state index >= 15 is 0 Å². The number of ether oxygens (including phenoxy) is 1. The Bertz CT molecular complexity index is 468. The molecule has 1 saturated heterocycles. The first kappa shape index (κ1) is 14.7. The maximum absolute atomic E-state index is 12.3. The van der Waals surface area contributed by atoms with Crippen LogP contribution in [0.2, 0.25) is 0 Å². The van der Waals surface area contributed by atoms with Gasteiger partial charge in [-0.25, -0.2) is 0 Å². The number of rotatable bonds is 4. The van der Waals surface area contributed by atoms with Crippen molar-refractivity contribution in [3.63, 3.8) is 0 Å². The minimum atomic E-state index is -2.95. The van der Waals surface area contributed by atoms with E-state index < -0.39 is 6.61 Å². The lowest BCUT2D eigenvalue weighted by atomic mass is 9.99. The van der Waals surface area contributed by atoms with E-state index in [1.54, 1.807) is 12.1 Å². The van der Waals surface area contributed by atoms with Crippen LogP contribution in [0, 0.1) is 0 Å². The van der Waals surface area contributed by atoms with Crippen LogP contribution in [0.4, 0.5) is 8.78 Å². The first-order valence-electron chi connectivity index (χ1n) is 6.66. The number of para-hydroxylation sites is 1. The molecule has 1 aromatic carbocycles. The van der Waals surface area contributed by atoms with Gasteiger partial charge in [0.2, 0.25) is 0 Å². The normalized spacial score (nSPS) is 22.6. The Morgan fingerprint density at radius 2 is 2.20 bits per heavy atom. The van der Waals surface area contributed by atoms with Crippen molar-refractivity contribution in [3.05, 3.63) is 29.8 Å². The zero-order chi connectivity index (χ0) is 14.5. The molecule has 0 radical (unpaired) electrons. The van der Waals surface area contributed by atoms with Crippen LogP contribution in [0.15, 0.2) is 24.3 Å². The molecule has 2 N–H and O–H groups in total. The van der Waals surface area contributed by atoms with Gasteiger partial charge in [0.05, 0.1) is 5.56 Å². The molecule has 1 fully saturated rings. The summed E-state index contributed by atoms with van der Waals surface area (Å²) in [6.07, 6.45) is 1.85. The van der Waals surface area contributed by atoms with E-state index in [2.05, 4.69) is 15.4 Å². The number of nitrogens with one attached hydrogen (secondary N) is 2. The van der Waals surface area contributed by atoms with Crippen molar-refractivity contribution in [2.75, 3.05) is 6.54 Å². The Hall–Kier alpha value is -1.69. The highest BCUT2D eigenvalue weighted by molar-refractivity contribution is 5.97. The molecular weight excluding hydrogens is 266 g/mol. The van der Waals surface area contributed by atoms with Gasteiger partial charge in [0, 0.05) is 12.1 Å². The molecule has 0 aromatic heterocycles. The fourth-order valence-electron chi connectivity index (χ4n) is 2.34. The predicted octanol–water partition coefficient (Wildman–Crippen LogP) is 2.16. The van der Waals surface area contributed by atoms with Crippen molar-refractivity contribution >= 4 is 5.91 Å². The Morgan fingerprint density at radius 3 is 2.90 bits per heavy atom. The molecule has 0 aliphatic carbocycles. The van der Waals surface area contributed by atoms with Crippen molar-refractivity contribution in [3.8, 4) is 5.75 Å². The summed E-state index contributed by atoms with van der Waals surface area (Å²) in [5, 5.41) is 6.14. The van der Waals surface area contributed by atoms with Gasteiger partial charge in [-0.2, -0.15) is 8.78 Å². The number of piperidine rings is 1. The first-order chi connectivity index (χ1) is 9.58. The van der Waals surface area contributed by atoms with Crippen LogP contribution in [-0.2, 0) is 0 Å². The summed E-state index contributed by atoms with van der Waals surface area (Å²) in [5.41, 5.74) is 0.130. The number of hydrogen-bond donors (Lipinski definition) is 2. The Labute approximate surface area is 116 Å². The Morgan fingerprint density at radius 1 is 1.45 bits per heavy atom. The number of hydrogen-bond acceptors (Lipinski definition) is 3. The molecule has 1 heterocycles. The fraction of sp³-hybridized carbons (Fsp3) is 0.500. The van der Waals surface area contributed by atoms with Crippen LogP contribution in [-0.4, -0.2) is 31.1 Å². The number of alkyl halides is 2. The number of carbonyl (C=O) groups excluding carboxylic acids is 1. The summed E-state index contributed by atoms with van der Waals surface area (Å²) in [6, 6.07) is 6.18. The van der Waals surface area contributed by atoms with Gasteiger partial charge in [-0.05, 0) is 38.4 Å². The van der Waals surface area contributed by atoms with Gasteiger partial charge in [-0.1, -0.05) is 12.1 Å². The second-order valence-electron chi connectivity index (χ2n) is 4.84. The van der Waals surface area contributed by atoms with Crippen LogP contribution in [0.3, 0.4) is 0 Å². The minimum Gasteiger partial charge on any atom is -0.434 e. The molecule has 2 rings (SSSR count). The van der Waals surface area contributed by atoms with Gasteiger partial charge in [0.15, 0.2) is 0 Å². The summed E-state index contributed by atoms with van der Waals surface area (Å²) in [6.45, 7) is -0.0242. The molecule has 1 aliphatic heterocycles. The molecule has 0 saturated carbocycles. The average Bonchev–Trinajstić information content (AvgIpc) is 2.41. The van der Waals surface area contributed by atoms with Gasteiger partial charge >= 0.3 is 6.61 Å². The van der Waals surface area contributed by atoms with Crippen LogP contribution >= 0.6 is 0 Å². The summed E-state index contributed by atoms with van der Waals surface area (Å²) in [5.74, 6) is -0.488. The summed E-state index contributed by atoms with van der Waals surface area (Å²) in [4.78, 5) is 12.2. The third-order valence-electron chi connectivity index (χ3n) is 3.43. The van der Waals surface area contributed by atoms with Crippen molar-refractivity contribution in [1.82, 2.24) is 10.6 Å². The van der Waals surface area contributed by atoms with Gasteiger partial charge in [0.25, 0.3) is 5.91 Å². The van der Waals surface area contributed by atoms with E-state index in [9.17, 15) is 13.6 Å². The predicted molar refractivity (Wildman–Crippen MR) is 71.0 cm³/mol. The highest BCUT2D eigenvalue weighted by Gasteiger charge is 2.24. The van der Waals surface area contributed by atoms with Crippen molar-refractivity contribution in [2.24, 2.45) is 0 Å². The van der Waals surface area contributed by atoms with Crippen molar-refractivity contribution in [1.29, 1.82) is 0 Å². The van der Waals surface area contributed by atoms with E-state index in [0.29, 0.717) is 0 Å². The lowest BCUT2D eigenvalue weighted by Crippen LogP contribution is -2.51. The van der Waals surface area contributed by atoms with Gasteiger partial charge in [0.1, 0.15) is 5.75 Å². The third kappa shape index (κ3) is 3.66. The number of halogens is 2. The SMILES string of the molecule is CC1NCCCC1NC(=O)c1ccccc1OC(F)F. The number of benzene rings is 1. The second kappa shape index (κ2) is 6.65. The summed E-state index contributed by atoms with van der Waals surface area (Å²) < 4.78 is 29.0. The maximum Gasteiger partial charge on any atom is 0.387 e. The molecule has 6 heteroatoms. The van der Waals surface area contributed by atoms with E-state index in [1.165, 1.54) is 12.1 Å². The number of carbonyl (C=O) groups is 1. The summed E-state index contributed by atoms with van der Waals surface area (Å²) in [7, 11) is 0. The standard InChI is InChI=1S/C14H18F2N2O2/c1-9-11(6-4-8-17-9)18-13(19)10-5-2-3-7-12(10)20-14(15)16/h2-3,5,7,9,11,14,17H,4,6,8H2,1H3,(H,18,19). The smallest absolute Gasteiger partial charge is 0.387 e. The topological polar surface area (TPSA) is 50.4 Å². The van der Waals surface area contributed by atoms with Crippen LogP contribution in [0.5, 0.6) is 5.75 Å². The molecule has 0 bridgehead atoms. The Balaban J connectivity index is 2.08. The van der Waals surface area contributed by atoms with Gasteiger partial charge in [-0.15, -0.1) is 0 Å². The van der Waals surface area contributed by atoms with Crippen molar-refractivity contribution in [2.45, 2.75) is 38.5 Å². The second-order valence-corrected chi connectivity index (χ2v) is 4.84. The molecule has 1 amide bonds. The highest BCUT2D eigenvalue weighted by atomic mass is 19.3. The molecule has 110 valence electrons. The zero-order valence-electron chi connectivity index (χ0n) is 11.2. The highest BCUT2D eigenvalue weighted by Crippen LogP contribution is 2.21. The van der Waals surface area contributed by atoms with E-state index in [1.807, 2.05) is 6.92 Å². The van der Waals surface area contributed by atoms with E-state index in [0.717, 1.165) is 19.4 Å². The van der Waals surface area contributed by atoms with Gasteiger partial charge < -0.3 is 15.4 Å². The first-order valence-corrected chi connectivity index (χ1v) is 6.66. The van der Waals surface area contributed by atoms with Crippen LogP contribution in [0.1, 0.15) is 30.1 Å². The summed E-state index contributed by atoms with van der Waals surface area (Å²) >= 11 is 0. The van der Waals surface area contributed by atoms with Crippen molar-refractivity contribution < 1.29 is 18.3 Å². The van der Waals surface area contributed by atoms with E-state index in [-0.39, 0.29) is 29.3 Å². The number of amides is 1. The quantitative estimate of drug-likeness (QED) is 0.891. The molecule has 2 atom stereocenters. The van der Waals surface area contributed by atoms with Crippen LogP contribution in [0.25, 0.3) is 0 Å². The molecular formula is C14H18F2N2O2. The lowest BCUT2D eigenvalue weighted by molar-refractivity contribution is -0.0501. The van der Waals surface area contributed by atoms with Gasteiger partial charge in [-0.3, -0.25) is 4.79 Å². The molecule has 20 heavy (non-hydrogen) atoms. The van der Waals surface area contributed by atoms with E-state index in [4.69, 9.17) is 0 Å². The Kier molecular flexibility index (Phi) is 4.89.